The summed E-state index contributed by atoms with van der Waals surface area (Å²) in [7, 11) is 1.12. The number of rotatable bonds is 1. The third-order valence-electron chi connectivity index (χ3n) is 1.69. The average Bonchev–Trinajstić information content (AvgIpc) is 2.15. The normalized spacial score (nSPS) is 11.3. The average molecular weight is 330 g/mol. The molecule has 0 spiro atoms. The minimum atomic E-state index is -4.46. The highest BCUT2D eigenvalue weighted by Gasteiger charge is 2.33. The van der Waals surface area contributed by atoms with Crippen LogP contribution >= 0.6 is 22.6 Å². The van der Waals surface area contributed by atoms with E-state index in [0.29, 0.717) is 0 Å². The Hall–Kier alpha value is -0.790. The van der Waals surface area contributed by atoms with E-state index in [1.807, 2.05) is 0 Å². The highest BCUT2D eigenvalue weighted by molar-refractivity contribution is 14.1. The van der Waals surface area contributed by atoms with Crippen LogP contribution in [0.3, 0.4) is 0 Å². The minimum absolute atomic E-state index is 0.0488. The number of methoxy groups -OCH3 is 1. The first-order chi connectivity index (χ1) is 6.86. The monoisotopic (exact) mass is 330 g/mol. The van der Waals surface area contributed by atoms with Crippen LogP contribution in [0.25, 0.3) is 0 Å². The summed E-state index contributed by atoms with van der Waals surface area (Å²) in [4.78, 5) is 11.0. The molecule has 0 saturated carbocycles. The molecule has 2 nitrogen and oxygen atoms in total. The van der Waals surface area contributed by atoms with Crippen LogP contribution in [0, 0.1) is 3.57 Å². The molecule has 0 unspecified atom stereocenters. The Labute approximate surface area is 97.6 Å². The minimum Gasteiger partial charge on any atom is -0.465 e. The Bertz CT molecular complexity index is 387. The summed E-state index contributed by atoms with van der Waals surface area (Å²) in [6.07, 6.45) is -4.46. The van der Waals surface area contributed by atoms with Crippen LogP contribution in [-0.2, 0) is 10.9 Å². The molecular weight excluding hydrogens is 324 g/mol. The van der Waals surface area contributed by atoms with Gasteiger partial charge in [-0.1, -0.05) is 0 Å². The number of ether oxygens (including phenoxy) is 1. The van der Waals surface area contributed by atoms with Gasteiger partial charge >= 0.3 is 12.1 Å². The van der Waals surface area contributed by atoms with Gasteiger partial charge in [0.1, 0.15) is 0 Å². The van der Waals surface area contributed by atoms with E-state index in [-0.39, 0.29) is 9.13 Å². The molecule has 0 aliphatic heterocycles. The van der Waals surface area contributed by atoms with Crippen LogP contribution in [0.1, 0.15) is 15.9 Å². The van der Waals surface area contributed by atoms with E-state index >= 15 is 0 Å². The van der Waals surface area contributed by atoms with Crippen molar-refractivity contribution in [2.75, 3.05) is 7.11 Å². The van der Waals surface area contributed by atoms with Crippen molar-refractivity contribution in [2.45, 2.75) is 6.18 Å². The van der Waals surface area contributed by atoms with Gasteiger partial charge < -0.3 is 4.74 Å². The van der Waals surface area contributed by atoms with Gasteiger partial charge in [0.05, 0.1) is 18.2 Å². The Morgan fingerprint density at radius 2 is 2.00 bits per heavy atom. The maximum absolute atomic E-state index is 12.4. The van der Waals surface area contributed by atoms with E-state index in [0.717, 1.165) is 13.2 Å². The summed E-state index contributed by atoms with van der Waals surface area (Å²) >= 11 is 1.57. The third kappa shape index (κ3) is 2.83. The lowest BCUT2D eigenvalue weighted by molar-refractivity contribution is -0.138. The van der Waals surface area contributed by atoms with Gasteiger partial charge in [-0.3, -0.25) is 0 Å². The zero-order chi connectivity index (χ0) is 11.6. The second kappa shape index (κ2) is 4.38. The van der Waals surface area contributed by atoms with Crippen molar-refractivity contribution in [1.82, 2.24) is 0 Å². The molecule has 0 amide bonds. The number of esters is 1. The number of carbonyl (C=O) groups is 1. The zero-order valence-corrected chi connectivity index (χ0v) is 9.72. The fraction of sp³-hybridized carbons (Fsp3) is 0.222. The number of hydrogen-bond acceptors (Lipinski definition) is 2. The molecule has 1 aromatic rings. The highest BCUT2D eigenvalue weighted by Crippen LogP contribution is 2.33. The fourth-order valence-electron chi connectivity index (χ4n) is 0.987. The van der Waals surface area contributed by atoms with Crippen molar-refractivity contribution in [2.24, 2.45) is 0 Å². The predicted molar refractivity (Wildman–Crippen MR) is 55.5 cm³/mol. The number of carbonyl (C=O) groups excluding carboxylic acids is 1. The van der Waals surface area contributed by atoms with E-state index in [2.05, 4.69) is 4.74 Å². The summed E-state index contributed by atoms with van der Waals surface area (Å²) < 4.78 is 41.7. The number of halogens is 4. The molecule has 0 bridgehead atoms. The molecule has 0 aromatic heterocycles. The van der Waals surface area contributed by atoms with E-state index in [1.54, 1.807) is 22.6 Å². The Morgan fingerprint density at radius 1 is 1.40 bits per heavy atom. The molecule has 0 radical (unpaired) electrons. The molecule has 1 rings (SSSR count). The number of benzene rings is 1. The number of alkyl halides is 3. The maximum atomic E-state index is 12.4. The van der Waals surface area contributed by atoms with Crippen molar-refractivity contribution in [1.29, 1.82) is 0 Å². The van der Waals surface area contributed by atoms with Gasteiger partial charge in [0.2, 0.25) is 0 Å². The Kier molecular flexibility index (Phi) is 3.58. The third-order valence-corrected chi connectivity index (χ3v) is 2.63. The number of hydrogen-bond donors (Lipinski definition) is 0. The molecule has 1 aromatic carbocycles. The van der Waals surface area contributed by atoms with Crippen molar-refractivity contribution in [3.63, 3.8) is 0 Å². The van der Waals surface area contributed by atoms with Crippen molar-refractivity contribution >= 4 is 28.6 Å². The van der Waals surface area contributed by atoms with Gasteiger partial charge in [-0.05, 0) is 40.8 Å². The van der Waals surface area contributed by atoms with Gasteiger partial charge in [-0.15, -0.1) is 0 Å². The molecule has 0 heterocycles. The standard InChI is InChI=1S/C9H6F3IO2/c1-15-8(14)5-2-3-7(13)6(4-5)9(10,11)12/h2-4H,1H3. The lowest BCUT2D eigenvalue weighted by atomic mass is 10.1. The highest BCUT2D eigenvalue weighted by atomic mass is 127. The molecule has 15 heavy (non-hydrogen) atoms. The van der Waals surface area contributed by atoms with Crippen LogP contribution < -0.4 is 0 Å². The molecule has 0 N–H and O–H groups in total. The summed E-state index contributed by atoms with van der Waals surface area (Å²) in [5, 5.41) is 0. The topological polar surface area (TPSA) is 26.3 Å². The Balaban J connectivity index is 3.23. The first-order valence-electron chi connectivity index (χ1n) is 3.81. The van der Waals surface area contributed by atoms with Gasteiger partial charge in [-0.25, -0.2) is 4.79 Å². The quantitative estimate of drug-likeness (QED) is 0.584. The second-order valence-corrected chi connectivity index (χ2v) is 3.85. The van der Waals surface area contributed by atoms with Gasteiger partial charge in [-0.2, -0.15) is 13.2 Å². The second-order valence-electron chi connectivity index (χ2n) is 2.68. The van der Waals surface area contributed by atoms with Gasteiger partial charge in [0, 0.05) is 3.57 Å². The first-order valence-corrected chi connectivity index (χ1v) is 4.89. The van der Waals surface area contributed by atoms with Crippen molar-refractivity contribution in [3.8, 4) is 0 Å². The molecule has 0 atom stereocenters. The predicted octanol–water partition coefficient (Wildman–Crippen LogP) is 3.10. The largest absolute Gasteiger partial charge is 0.465 e. The van der Waals surface area contributed by atoms with E-state index in [1.165, 1.54) is 12.1 Å². The van der Waals surface area contributed by atoms with Crippen molar-refractivity contribution in [3.05, 3.63) is 32.9 Å². The molecule has 0 aliphatic carbocycles. The smallest absolute Gasteiger partial charge is 0.417 e. The summed E-state index contributed by atoms with van der Waals surface area (Å²) in [5.74, 6) is -0.781. The fourth-order valence-corrected chi connectivity index (χ4v) is 1.63. The summed E-state index contributed by atoms with van der Waals surface area (Å²) in [6, 6.07) is 3.31. The molecule has 0 fully saturated rings. The molecular formula is C9H6F3IO2. The summed E-state index contributed by atoms with van der Waals surface area (Å²) in [5.41, 5.74) is -0.934. The van der Waals surface area contributed by atoms with E-state index < -0.39 is 17.7 Å². The van der Waals surface area contributed by atoms with Crippen LogP contribution in [0.5, 0.6) is 0 Å². The Morgan fingerprint density at radius 3 is 2.47 bits per heavy atom. The van der Waals surface area contributed by atoms with Gasteiger partial charge in [0.25, 0.3) is 0 Å². The van der Waals surface area contributed by atoms with Crippen LogP contribution in [0.4, 0.5) is 13.2 Å². The molecule has 82 valence electrons. The van der Waals surface area contributed by atoms with Gasteiger partial charge in [0.15, 0.2) is 0 Å². The van der Waals surface area contributed by atoms with Crippen LogP contribution in [0.2, 0.25) is 0 Å². The first kappa shape index (κ1) is 12.3. The summed E-state index contributed by atoms with van der Waals surface area (Å²) in [6.45, 7) is 0. The lowest BCUT2D eigenvalue weighted by Crippen LogP contribution is -2.10. The van der Waals surface area contributed by atoms with E-state index in [4.69, 9.17) is 0 Å². The van der Waals surface area contributed by atoms with E-state index in [9.17, 15) is 18.0 Å². The molecule has 6 heteroatoms. The molecule has 0 saturated heterocycles. The van der Waals surface area contributed by atoms with Crippen LogP contribution in [-0.4, -0.2) is 13.1 Å². The SMILES string of the molecule is COC(=O)c1ccc(I)c(C(F)(F)F)c1. The lowest BCUT2D eigenvalue weighted by Gasteiger charge is -2.10. The van der Waals surface area contributed by atoms with Crippen LogP contribution in [0.15, 0.2) is 18.2 Å². The maximum Gasteiger partial charge on any atom is 0.417 e. The zero-order valence-electron chi connectivity index (χ0n) is 7.56. The molecule has 0 aliphatic rings. The van der Waals surface area contributed by atoms with Crippen molar-refractivity contribution < 1.29 is 22.7 Å².